The van der Waals surface area contributed by atoms with Gasteiger partial charge in [-0.15, -0.1) is 0 Å². The van der Waals surface area contributed by atoms with Gasteiger partial charge in [-0.25, -0.2) is 0 Å². The number of hydrogen-bond acceptors (Lipinski definition) is 2. The number of benzene rings is 1. The molecule has 0 aromatic heterocycles. The van der Waals surface area contributed by atoms with Crippen LogP contribution in [-0.2, 0) is 0 Å². The molecule has 1 atom stereocenters. The molecule has 2 heteroatoms. The van der Waals surface area contributed by atoms with Crippen LogP contribution in [0.1, 0.15) is 54.0 Å². The Morgan fingerprint density at radius 2 is 1.61 bits per heavy atom. The highest BCUT2D eigenvalue weighted by molar-refractivity contribution is 5.40. The Kier molecular flexibility index (Phi) is 4.08. The SMILES string of the molecule is Cc1ccc(C(N)C2CCC(N)CC2)c(C)c1C. The number of rotatable bonds is 2. The summed E-state index contributed by atoms with van der Waals surface area (Å²) in [5, 5.41) is 0. The van der Waals surface area contributed by atoms with Gasteiger partial charge in [0.2, 0.25) is 0 Å². The lowest BCUT2D eigenvalue weighted by Crippen LogP contribution is -2.32. The zero-order chi connectivity index (χ0) is 13.3. The minimum atomic E-state index is 0.178. The van der Waals surface area contributed by atoms with Gasteiger partial charge in [0.05, 0.1) is 0 Å². The Labute approximate surface area is 111 Å². The van der Waals surface area contributed by atoms with E-state index in [-0.39, 0.29) is 6.04 Å². The lowest BCUT2D eigenvalue weighted by molar-refractivity contribution is 0.284. The molecule has 1 saturated carbocycles. The molecule has 1 aliphatic rings. The molecule has 2 nitrogen and oxygen atoms in total. The number of nitrogens with two attached hydrogens (primary N) is 2. The Morgan fingerprint density at radius 1 is 1.00 bits per heavy atom. The molecular formula is C16H26N2. The third kappa shape index (κ3) is 2.60. The van der Waals surface area contributed by atoms with Crippen LogP contribution in [0, 0.1) is 26.7 Å². The van der Waals surface area contributed by atoms with Gasteiger partial charge in [-0.3, -0.25) is 0 Å². The minimum Gasteiger partial charge on any atom is -0.328 e. The molecular weight excluding hydrogens is 220 g/mol. The van der Waals surface area contributed by atoms with Crippen LogP contribution in [0.3, 0.4) is 0 Å². The predicted octanol–water partition coefficient (Wildman–Crippen LogP) is 3.13. The van der Waals surface area contributed by atoms with Gasteiger partial charge in [0, 0.05) is 12.1 Å². The van der Waals surface area contributed by atoms with E-state index in [0.717, 1.165) is 12.8 Å². The number of aryl methyl sites for hydroxylation is 1. The lowest BCUT2D eigenvalue weighted by atomic mass is 9.78. The van der Waals surface area contributed by atoms with Crippen molar-refractivity contribution in [1.29, 1.82) is 0 Å². The van der Waals surface area contributed by atoms with Crippen molar-refractivity contribution in [1.82, 2.24) is 0 Å². The molecule has 0 aliphatic heterocycles. The standard InChI is InChI=1S/C16H26N2/c1-10-4-9-15(12(3)11(10)2)16(18)13-5-7-14(17)8-6-13/h4,9,13-14,16H,5-8,17-18H2,1-3H3. The Hall–Kier alpha value is -0.860. The van der Waals surface area contributed by atoms with Crippen molar-refractivity contribution in [2.45, 2.75) is 58.5 Å². The van der Waals surface area contributed by atoms with Gasteiger partial charge in [-0.1, -0.05) is 12.1 Å². The fourth-order valence-corrected chi connectivity index (χ4v) is 3.10. The van der Waals surface area contributed by atoms with E-state index in [4.69, 9.17) is 11.5 Å². The van der Waals surface area contributed by atoms with Gasteiger partial charge < -0.3 is 11.5 Å². The van der Waals surface area contributed by atoms with Crippen molar-refractivity contribution in [2.75, 3.05) is 0 Å². The van der Waals surface area contributed by atoms with Crippen molar-refractivity contribution < 1.29 is 0 Å². The van der Waals surface area contributed by atoms with Gasteiger partial charge >= 0.3 is 0 Å². The van der Waals surface area contributed by atoms with Crippen LogP contribution >= 0.6 is 0 Å². The van der Waals surface area contributed by atoms with Crippen LogP contribution in [-0.4, -0.2) is 6.04 Å². The lowest BCUT2D eigenvalue weighted by Gasteiger charge is -2.31. The van der Waals surface area contributed by atoms with Gasteiger partial charge in [0.15, 0.2) is 0 Å². The summed E-state index contributed by atoms with van der Waals surface area (Å²) in [5.74, 6) is 0.602. The molecule has 18 heavy (non-hydrogen) atoms. The van der Waals surface area contributed by atoms with Gasteiger partial charge in [0.1, 0.15) is 0 Å². The summed E-state index contributed by atoms with van der Waals surface area (Å²) < 4.78 is 0. The van der Waals surface area contributed by atoms with E-state index in [0.29, 0.717) is 12.0 Å². The summed E-state index contributed by atoms with van der Waals surface area (Å²) in [6.45, 7) is 6.56. The molecule has 0 spiro atoms. The second-order valence-corrected chi connectivity index (χ2v) is 5.92. The zero-order valence-electron chi connectivity index (χ0n) is 11.9. The van der Waals surface area contributed by atoms with Crippen molar-refractivity contribution in [3.63, 3.8) is 0 Å². The monoisotopic (exact) mass is 246 g/mol. The first-order chi connectivity index (χ1) is 8.50. The average Bonchev–Trinajstić information content (AvgIpc) is 2.36. The quantitative estimate of drug-likeness (QED) is 0.842. The molecule has 1 aliphatic carbocycles. The Balaban J connectivity index is 2.18. The third-order valence-corrected chi connectivity index (χ3v) is 4.78. The van der Waals surface area contributed by atoms with E-state index in [1.807, 2.05) is 0 Å². The van der Waals surface area contributed by atoms with Gasteiger partial charge in [-0.2, -0.15) is 0 Å². The first kappa shape index (κ1) is 13.6. The fraction of sp³-hybridized carbons (Fsp3) is 0.625. The summed E-state index contributed by atoms with van der Waals surface area (Å²) >= 11 is 0. The summed E-state index contributed by atoms with van der Waals surface area (Å²) in [6.07, 6.45) is 4.61. The highest BCUT2D eigenvalue weighted by atomic mass is 14.7. The zero-order valence-corrected chi connectivity index (χ0v) is 11.9. The topological polar surface area (TPSA) is 52.0 Å². The molecule has 0 bridgehead atoms. The van der Waals surface area contributed by atoms with Crippen molar-refractivity contribution in [3.05, 3.63) is 34.4 Å². The van der Waals surface area contributed by atoms with E-state index in [9.17, 15) is 0 Å². The van der Waals surface area contributed by atoms with E-state index < -0.39 is 0 Å². The molecule has 1 unspecified atom stereocenters. The molecule has 0 amide bonds. The molecule has 1 aromatic rings. The van der Waals surface area contributed by atoms with Crippen LogP contribution < -0.4 is 11.5 Å². The molecule has 1 aromatic carbocycles. The summed E-state index contributed by atoms with van der Waals surface area (Å²) in [6, 6.07) is 4.99. The highest BCUT2D eigenvalue weighted by Crippen LogP contribution is 2.34. The minimum absolute atomic E-state index is 0.178. The molecule has 1 fully saturated rings. The Bertz CT molecular complexity index is 417. The van der Waals surface area contributed by atoms with Gasteiger partial charge in [0.25, 0.3) is 0 Å². The normalized spacial score (nSPS) is 26.1. The van der Waals surface area contributed by atoms with Crippen molar-refractivity contribution >= 4 is 0 Å². The van der Waals surface area contributed by atoms with Crippen LogP contribution in [0.2, 0.25) is 0 Å². The third-order valence-electron chi connectivity index (χ3n) is 4.78. The molecule has 2 rings (SSSR count). The largest absolute Gasteiger partial charge is 0.328 e. The van der Waals surface area contributed by atoms with Crippen LogP contribution in [0.5, 0.6) is 0 Å². The second-order valence-electron chi connectivity index (χ2n) is 5.92. The second kappa shape index (κ2) is 5.41. The smallest absolute Gasteiger partial charge is 0.0326 e. The first-order valence-electron chi connectivity index (χ1n) is 7.08. The van der Waals surface area contributed by atoms with Crippen LogP contribution in [0.25, 0.3) is 0 Å². The maximum Gasteiger partial charge on any atom is 0.0326 e. The van der Waals surface area contributed by atoms with E-state index in [2.05, 4.69) is 32.9 Å². The molecule has 0 heterocycles. The predicted molar refractivity (Wildman–Crippen MR) is 77.5 cm³/mol. The highest BCUT2D eigenvalue weighted by Gasteiger charge is 2.26. The molecule has 4 N–H and O–H groups in total. The van der Waals surface area contributed by atoms with E-state index in [1.165, 1.54) is 35.1 Å². The number of hydrogen-bond donors (Lipinski definition) is 2. The van der Waals surface area contributed by atoms with Crippen molar-refractivity contribution in [3.8, 4) is 0 Å². The summed E-state index contributed by atoms with van der Waals surface area (Å²) in [5.41, 5.74) is 17.9. The summed E-state index contributed by atoms with van der Waals surface area (Å²) in [4.78, 5) is 0. The first-order valence-corrected chi connectivity index (χ1v) is 7.08. The fourth-order valence-electron chi connectivity index (χ4n) is 3.10. The average molecular weight is 246 g/mol. The molecule has 0 radical (unpaired) electrons. The molecule has 100 valence electrons. The van der Waals surface area contributed by atoms with E-state index in [1.54, 1.807) is 0 Å². The van der Waals surface area contributed by atoms with Crippen molar-refractivity contribution in [2.24, 2.45) is 17.4 Å². The maximum atomic E-state index is 6.49. The van der Waals surface area contributed by atoms with Crippen LogP contribution in [0.15, 0.2) is 12.1 Å². The van der Waals surface area contributed by atoms with Gasteiger partial charge in [-0.05, 0) is 74.6 Å². The van der Waals surface area contributed by atoms with E-state index >= 15 is 0 Å². The summed E-state index contributed by atoms with van der Waals surface area (Å²) in [7, 11) is 0. The molecule has 0 saturated heterocycles. The Morgan fingerprint density at radius 3 is 2.22 bits per heavy atom. The maximum absolute atomic E-state index is 6.49. The van der Waals surface area contributed by atoms with Crippen LogP contribution in [0.4, 0.5) is 0 Å².